The first-order valence-electron chi connectivity index (χ1n) is 12.2. The Bertz CT molecular complexity index is 1060. The third-order valence-electron chi connectivity index (χ3n) is 6.69. The number of amides is 2. The highest BCUT2D eigenvalue weighted by atomic mass is 32.2. The molecule has 0 radical (unpaired) electrons. The quantitative estimate of drug-likeness (QED) is 0.232. The number of hydrogen-bond acceptors (Lipinski definition) is 7. The molecule has 1 saturated heterocycles. The van der Waals surface area contributed by atoms with Gasteiger partial charge in [0.25, 0.3) is 10.1 Å². The van der Waals surface area contributed by atoms with Crippen LogP contribution in [0.5, 0.6) is 0 Å². The van der Waals surface area contributed by atoms with Crippen molar-refractivity contribution in [2.45, 2.75) is 89.1 Å². The first-order chi connectivity index (χ1) is 16.4. The van der Waals surface area contributed by atoms with Crippen LogP contribution >= 0.6 is 0 Å². The van der Waals surface area contributed by atoms with Crippen molar-refractivity contribution in [3.05, 3.63) is 42.5 Å². The molecule has 0 aromatic heterocycles. The topological polar surface area (TPSA) is 99.2 Å². The molecule has 2 rings (SSSR count). The van der Waals surface area contributed by atoms with Crippen LogP contribution in [0, 0.1) is 5.92 Å². The van der Waals surface area contributed by atoms with Gasteiger partial charge < -0.3 is 9.16 Å². The Morgan fingerprint density at radius 1 is 1.11 bits per heavy atom. The molecule has 10 heteroatoms. The Hall–Kier alpha value is -2.01. The van der Waals surface area contributed by atoms with E-state index >= 15 is 0 Å². The lowest BCUT2D eigenvalue weighted by Crippen LogP contribution is -2.49. The minimum absolute atomic E-state index is 0.0570. The van der Waals surface area contributed by atoms with Crippen molar-refractivity contribution in [3.8, 4) is 0 Å². The highest BCUT2D eigenvalue weighted by Gasteiger charge is 2.47. The van der Waals surface area contributed by atoms with E-state index in [4.69, 9.17) is 13.3 Å². The van der Waals surface area contributed by atoms with Gasteiger partial charge in [-0.1, -0.05) is 51.1 Å². The molecule has 36 heavy (non-hydrogen) atoms. The van der Waals surface area contributed by atoms with E-state index in [-0.39, 0.29) is 41.9 Å². The van der Waals surface area contributed by atoms with Crippen LogP contribution in [0.4, 0.5) is 4.79 Å². The van der Waals surface area contributed by atoms with Gasteiger partial charge in [0, 0.05) is 12.3 Å². The van der Waals surface area contributed by atoms with E-state index in [1.54, 1.807) is 39.0 Å². The number of imide groups is 1. The van der Waals surface area contributed by atoms with Crippen molar-refractivity contribution in [2.24, 2.45) is 5.92 Å². The van der Waals surface area contributed by atoms with E-state index in [1.165, 1.54) is 12.1 Å². The number of likely N-dealkylation sites (tertiary alicyclic amines) is 1. The zero-order valence-electron chi connectivity index (χ0n) is 22.8. The summed E-state index contributed by atoms with van der Waals surface area (Å²) in [5.41, 5.74) is -0.141. The summed E-state index contributed by atoms with van der Waals surface area (Å²) < 4.78 is 42.0. The molecule has 0 aliphatic carbocycles. The summed E-state index contributed by atoms with van der Waals surface area (Å²) in [7, 11) is -6.09. The molecule has 1 aliphatic heterocycles. The molecule has 1 aliphatic rings. The van der Waals surface area contributed by atoms with Crippen LogP contribution < -0.4 is 0 Å². The summed E-state index contributed by atoms with van der Waals surface area (Å²) in [6.45, 7) is 20.0. The van der Waals surface area contributed by atoms with E-state index in [2.05, 4.69) is 40.4 Å². The van der Waals surface area contributed by atoms with Crippen molar-refractivity contribution < 1.29 is 31.4 Å². The van der Waals surface area contributed by atoms with Crippen molar-refractivity contribution in [3.63, 3.8) is 0 Å². The van der Waals surface area contributed by atoms with Crippen LogP contribution in [0.25, 0.3) is 0 Å². The van der Waals surface area contributed by atoms with Crippen molar-refractivity contribution in [1.82, 2.24) is 4.90 Å². The van der Waals surface area contributed by atoms with Gasteiger partial charge in [-0.05, 0) is 57.5 Å². The second-order valence-electron chi connectivity index (χ2n) is 11.7. The Morgan fingerprint density at radius 3 is 2.22 bits per heavy atom. The highest BCUT2D eigenvalue weighted by molar-refractivity contribution is 7.86. The van der Waals surface area contributed by atoms with Gasteiger partial charge in [-0.25, -0.2) is 9.69 Å². The van der Waals surface area contributed by atoms with E-state index < -0.39 is 42.1 Å². The summed E-state index contributed by atoms with van der Waals surface area (Å²) in [4.78, 5) is 27.2. The van der Waals surface area contributed by atoms with Crippen LogP contribution in [-0.4, -0.2) is 58.5 Å². The Morgan fingerprint density at radius 2 is 1.69 bits per heavy atom. The Kier molecular flexibility index (Phi) is 9.37. The van der Waals surface area contributed by atoms with Gasteiger partial charge in [-0.3, -0.25) is 8.98 Å². The SMILES string of the molecule is C=C(CCOS(=O)(=O)c1ccccc1)[C@H]1CC(=O)N(C(=O)OC(C)(C)C)[C@@H]1CO[Si](C)(C)C(C)(C)C. The second-order valence-corrected chi connectivity index (χ2v) is 18.1. The van der Waals surface area contributed by atoms with Crippen LogP contribution in [0.2, 0.25) is 18.1 Å². The molecule has 0 bridgehead atoms. The summed E-state index contributed by atoms with van der Waals surface area (Å²) in [5.74, 6) is -0.769. The Labute approximate surface area is 217 Å². The molecule has 0 unspecified atom stereocenters. The van der Waals surface area contributed by atoms with Crippen molar-refractivity contribution >= 4 is 30.4 Å². The standard InChI is InChI=1S/C26H41NO7SSi/c1-19(15-16-32-35(30,31)20-13-11-10-12-14-20)21-17-23(28)27(24(29)34-25(2,3)4)22(21)18-33-36(8,9)26(5,6)7/h10-14,21-22H,1,15-18H2,2-9H3/t21-,22-/m1/s1. The average molecular weight is 540 g/mol. The summed E-state index contributed by atoms with van der Waals surface area (Å²) in [5, 5.41) is -0.0570. The van der Waals surface area contributed by atoms with Gasteiger partial charge in [-0.2, -0.15) is 8.42 Å². The molecule has 0 spiro atoms. The predicted octanol–water partition coefficient (Wildman–Crippen LogP) is 5.51. The van der Waals surface area contributed by atoms with E-state index in [1.807, 2.05) is 0 Å². The molecule has 2 atom stereocenters. The van der Waals surface area contributed by atoms with Crippen LogP contribution in [0.1, 0.15) is 54.4 Å². The van der Waals surface area contributed by atoms with Crippen LogP contribution in [-0.2, 0) is 28.3 Å². The molecule has 0 saturated carbocycles. The van der Waals surface area contributed by atoms with Crippen LogP contribution in [0.15, 0.2) is 47.4 Å². The van der Waals surface area contributed by atoms with E-state index in [0.717, 1.165) is 4.90 Å². The number of hydrogen-bond donors (Lipinski definition) is 0. The fourth-order valence-corrected chi connectivity index (χ4v) is 5.53. The molecular formula is C26H41NO7SSi. The molecule has 1 heterocycles. The fraction of sp³-hybridized carbons (Fsp3) is 0.615. The van der Waals surface area contributed by atoms with Gasteiger partial charge in [-0.15, -0.1) is 0 Å². The summed E-state index contributed by atoms with van der Waals surface area (Å²) >= 11 is 0. The monoisotopic (exact) mass is 539 g/mol. The molecule has 0 N–H and O–H groups in total. The molecule has 1 fully saturated rings. The third kappa shape index (κ3) is 7.74. The maximum Gasteiger partial charge on any atom is 0.417 e. The lowest BCUT2D eigenvalue weighted by Gasteiger charge is -2.38. The molecule has 8 nitrogen and oxygen atoms in total. The maximum absolute atomic E-state index is 13.0. The molecule has 1 aromatic rings. The van der Waals surface area contributed by atoms with Gasteiger partial charge >= 0.3 is 6.09 Å². The highest BCUT2D eigenvalue weighted by Crippen LogP contribution is 2.39. The van der Waals surface area contributed by atoms with Crippen molar-refractivity contribution in [1.29, 1.82) is 0 Å². The van der Waals surface area contributed by atoms with Gasteiger partial charge in [0.1, 0.15) is 5.60 Å². The first kappa shape index (κ1) is 30.2. The van der Waals surface area contributed by atoms with Gasteiger partial charge in [0.15, 0.2) is 8.32 Å². The zero-order chi connectivity index (χ0) is 27.5. The van der Waals surface area contributed by atoms with E-state index in [9.17, 15) is 18.0 Å². The zero-order valence-corrected chi connectivity index (χ0v) is 24.6. The maximum atomic E-state index is 13.0. The smallest absolute Gasteiger partial charge is 0.417 e. The Balaban J connectivity index is 2.19. The minimum Gasteiger partial charge on any atom is -0.443 e. The lowest BCUT2D eigenvalue weighted by atomic mass is 9.91. The summed E-state index contributed by atoms with van der Waals surface area (Å²) in [6, 6.07) is 7.30. The van der Waals surface area contributed by atoms with Crippen molar-refractivity contribution in [2.75, 3.05) is 13.2 Å². The number of carbonyl (C=O) groups is 2. The third-order valence-corrected chi connectivity index (χ3v) is 12.5. The van der Waals surface area contributed by atoms with Gasteiger partial charge in [0.2, 0.25) is 5.91 Å². The van der Waals surface area contributed by atoms with Gasteiger partial charge in [0.05, 0.1) is 24.2 Å². The largest absolute Gasteiger partial charge is 0.443 e. The number of nitrogens with zero attached hydrogens (tertiary/aromatic N) is 1. The second kappa shape index (κ2) is 11.2. The number of rotatable bonds is 9. The fourth-order valence-electron chi connectivity index (χ4n) is 3.58. The summed E-state index contributed by atoms with van der Waals surface area (Å²) in [6.07, 6.45) is -0.438. The molecule has 1 aromatic carbocycles. The number of carbonyl (C=O) groups excluding carboxylic acids is 2. The molecule has 2 amide bonds. The lowest BCUT2D eigenvalue weighted by molar-refractivity contribution is -0.128. The normalized spacial score (nSPS) is 19.4. The number of ether oxygens (including phenoxy) is 1. The molecule has 202 valence electrons. The molecular weight excluding hydrogens is 498 g/mol. The van der Waals surface area contributed by atoms with Crippen LogP contribution in [0.3, 0.4) is 0 Å². The predicted molar refractivity (Wildman–Crippen MR) is 141 cm³/mol. The first-order valence-corrected chi connectivity index (χ1v) is 16.5. The minimum atomic E-state index is -3.91. The average Bonchev–Trinajstić information content (AvgIpc) is 3.07. The van der Waals surface area contributed by atoms with E-state index in [0.29, 0.717) is 5.57 Å². The number of benzene rings is 1.